The van der Waals surface area contributed by atoms with Crippen LogP contribution in [0.15, 0.2) is 33.7 Å². The lowest BCUT2D eigenvalue weighted by atomic mass is 10.2. The number of ether oxygens (including phenoxy) is 1. The predicted molar refractivity (Wildman–Crippen MR) is 73.3 cm³/mol. The van der Waals surface area contributed by atoms with Gasteiger partial charge in [-0.3, -0.25) is 0 Å². The molecule has 4 nitrogen and oxygen atoms in total. The second-order valence-electron chi connectivity index (χ2n) is 3.87. The van der Waals surface area contributed by atoms with Crippen LogP contribution >= 0.6 is 11.8 Å². The Bertz CT molecular complexity index is 525. The lowest BCUT2D eigenvalue weighted by molar-refractivity contribution is 0.399. The van der Waals surface area contributed by atoms with E-state index in [-0.39, 0.29) is 0 Å². The Kier molecular flexibility index (Phi) is 4.15. The van der Waals surface area contributed by atoms with E-state index >= 15 is 0 Å². The molecule has 96 valence electrons. The molecule has 5 heteroatoms. The topological polar surface area (TPSA) is 47.3 Å². The molecule has 2 rings (SSSR count). The molecule has 1 aromatic heterocycles. The van der Waals surface area contributed by atoms with Crippen molar-refractivity contribution in [2.45, 2.75) is 18.4 Å². The van der Waals surface area contributed by atoms with Crippen LogP contribution in [0.1, 0.15) is 11.3 Å². The molecule has 0 spiro atoms. The minimum Gasteiger partial charge on any atom is -0.496 e. The predicted octanol–water partition coefficient (Wildman–Crippen LogP) is 3.33. The van der Waals surface area contributed by atoms with Crippen molar-refractivity contribution in [1.82, 2.24) is 5.16 Å². The summed E-state index contributed by atoms with van der Waals surface area (Å²) < 4.78 is 10.3. The number of nitrogens with zero attached hydrogens (tertiary/aromatic N) is 1. The molecule has 0 amide bonds. The first kappa shape index (κ1) is 12.8. The summed E-state index contributed by atoms with van der Waals surface area (Å²) in [6.07, 6.45) is 2.04. The van der Waals surface area contributed by atoms with Gasteiger partial charge in [0.25, 0.3) is 0 Å². The van der Waals surface area contributed by atoms with Crippen LogP contribution in [0.4, 0.5) is 5.82 Å². The molecule has 0 aliphatic carbocycles. The van der Waals surface area contributed by atoms with Crippen LogP contribution in [0.25, 0.3) is 0 Å². The zero-order chi connectivity index (χ0) is 13.0. The zero-order valence-corrected chi connectivity index (χ0v) is 11.5. The van der Waals surface area contributed by atoms with Crippen LogP contribution in [0.2, 0.25) is 0 Å². The molecule has 18 heavy (non-hydrogen) atoms. The summed E-state index contributed by atoms with van der Waals surface area (Å²) in [5.74, 6) is 2.45. The molecule has 1 aromatic carbocycles. The van der Waals surface area contributed by atoms with Crippen LogP contribution in [0.3, 0.4) is 0 Å². The number of benzene rings is 1. The van der Waals surface area contributed by atoms with Gasteiger partial charge < -0.3 is 14.6 Å². The van der Waals surface area contributed by atoms with E-state index in [9.17, 15) is 0 Å². The van der Waals surface area contributed by atoms with Crippen LogP contribution in [0.5, 0.6) is 5.75 Å². The molecule has 0 aliphatic rings. The molecular formula is C13H16N2O2S. The fourth-order valence-electron chi connectivity index (χ4n) is 1.63. The second kappa shape index (κ2) is 5.82. The van der Waals surface area contributed by atoms with Crippen molar-refractivity contribution in [2.24, 2.45) is 0 Å². The molecule has 2 aromatic rings. The van der Waals surface area contributed by atoms with Crippen molar-refractivity contribution in [2.75, 3.05) is 18.7 Å². The first-order chi connectivity index (χ1) is 8.72. The number of anilines is 1. The van der Waals surface area contributed by atoms with Gasteiger partial charge in [0, 0.05) is 17.5 Å². The fraction of sp³-hybridized carbons (Fsp3) is 0.308. The Morgan fingerprint density at radius 2 is 2.22 bits per heavy atom. The minimum atomic E-state index is 0.691. The monoisotopic (exact) mass is 264 g/mol. The average Bonchev–Trinajstić information content (AvgIpc) is 2.81. The third-order valence-electron chi connectivity index (χ3n) is 2.55. The van der Waals surface area contributed by atoms with Crippen LogP contribution in [0, 0.1) is 6.92 Å². The number of rotatable bonds is 5. The molecule has 0 radical (unpaired) electrons. The van der Waals surface area contributed by atoms with Gasteiger partial charge in [0.05, 0.1) is 7.11 Å². The zero-order valence-electron chi connectivity index (χ0n) is 10.7. The highest BCUT2D eigenvalue weighted by Gasteiger charge is 2.04. The summed E-state index contributed by atoms with van der Waals surface area (Å²) >= 11 is 1.67. The Morgan fingerprint density at radius 1 is 1.39 bits per heavy atom. The number of aromatic nitrogens is 1. The van der Waals surface area contributed by atoms with Crippen LogP contribution in [-0.2, 0) is 6.54 Å². The summed E-state index contributed by atoms with van der Waals surface area (Å²) in [4.78, 5) is 1.14. The molecule has 0 unspecified atom stereocenters. The van der Waals surface area contributed by atoms with E-state index < -0.39 is 0 Å². The van der Waals surface area contributed by atoms with Crippen molar-refractivity contribution < 1.29 is 9.26 Å². The third-order valence-corrected chi connectivity index (χ3v) is 3.33. The van der Waals surface area contributed by atoms with Crippen molar-refractivity contribution in [1.29, 1.82) is 0 Å². The van der Waals surface area contributed by atoms with E-state index in [2.05, 4.69) is 22.6 Å². The number of methoxy groups -OCH3 is 1. The van der Waals surface area contributed by atoms with E-state index in [0.29, 0.717) is 6.54 Å². The highest BCUT2D eigenvalue weighted by atomic mass is 32.2. The van der Waals surface area contributed by atoms with Gasteiger partial charge in [-0.15, -0.1) is 11.8 Å². The molecular weight excluding hydrogens is 248 g/mol. The van der Waals surface area contributed by atoms with Gasteiger partial charge in [0.1, 0.15) is 11.5 Å². The molecule has 0 bridgehead atoms. The molecule has 0 fully saturated rings. The summed E-state index contributed by atoms with van der Waals surface area (Å²) in [6.45, 7) is 2.56. The maximum Gasteiger partial charge on any atom is 0.169 e. The molecule has 1 N–H and O–H groups in total. The van der Waals surface area contributed by atoms with Gasteiger partial charge in [0.2, 0.25) is 0 Å². The SMILES string of the molecule is COc1cc(CNc2cc(C)on2)ccc1SC. The fourth-order valence-corrected chi connectivity index (χ4v) is 2.18. The van der Waals surface area contributed by atoms with Crippen molar-refractivity contribution in [3.63, 3.8) is 0 Å². The maximum atomic E-state index is 5.35. The Balaban J connectivity index is 2.05. The van der Waals surface area contributed by atoms with Gasteiger partial charge in [0.15, 0.2) is 5.82 Å². The lowest BCUT2D eigenvalue weighted by Crippen LogP contribution is -2.00. The Labute approximate surface area is 111 Å². The van der Waals surface area contributed by atoms with Gasteiger partial charge in [-0.05, 0) is 30.9 Å². The molecule has 1 heterocycles. The highest BCUT2D eigenvalue weighted by molar-refractivity contribution is 7.98. The third kappa shape index (κ3) is 2.98. The summed E-state index contributed by atoms with van der Waals surface area (Å²) in [6, 6.07) is 8.04. The largest absolute Gasteiger partial charge is 0.496 e. The Hall–Kier alpha value is -1.62. The summed E-state index contributed by atoms with van der Waals surface area (Å²) in [7, 11) is 1.69. The van der Waals surface area contributed by atoms with E-state index in [1.54, 1.807) is 18.9 Å². The molecule has 0 saturated carbocycles. The molecule has 0 aliphatic heterocycles. The number of thioether (sulfide) groups is 1. The number of hydrogen-bond acceptors (Lipinski definition) is 5. The molecule has 0 saturated heterocycles. The van der Waals surface area contributed by atoms with Crippen molar-refractivity contribution in [3.05, 3.63) is 35.6 Å². The van der Waals surface area contributed by atoms with E-state index in [1.807, 2.05) is 25.3 Å². The van der Waals surface area contributed by atoms with Crippen molar-refractivity contribution in [3.8, 4) is 5.75 Å². The maximum absolute atomic E-state index is 5.35. The standard InChI is InChI=1S/C13H16N2O2S/c1-9-6-13(15-17-9)14-8-10-4-5-12(18-3)11(7-10)16-2/h4-7H,8H2,1-3H3,(H,14,15). The number of aryl methyl sites for hydroxylation is 1. The van der Waals surface area contributed by atoms with Gasteiger partial charge in [-0.1, -0.05) is 11.2 Å². The number of nitrogens with one attached hydrogen (secondary N) is 1. The first-order valence-corrected chi connectivity index (χ1v) is 6.83. The van der Waals surface area contributed by atoms with E-state index in [0.717, 1.165) is 27.8 Å². The molecule has 0 atom stereocenters. The Morgan fingerprint density at radius 3 is 2.83 bits per heavy atom. The summed E-state index contributed by atoms with van der Waals surface area (Å²) in [5.41, 5.74) is 1.14. The summed E-state index contributed by atoms with van der Waals surface area (Å²) in [5, 5.41) is 7.09. The van der Waals surface area contributed by atoms with Gasteiger partial charge in [-0.25, -0.2) is 0 Å². The minimum absolute atomic E-state index is 0.691. The van der Waals surface area contributed by atoms with E-state index in [4.69, 9.17) is 9.26 Å². The number of hydrogen-bond donors (Lipinski definition) is 1. The average molecular weight is 264 g/mol. The van der Waals surface area contributed by atoms with Crippen molar-refractivity contribution >= 4 is 17.6 Å². The second-order valence-corrected chi connectivity index (χ2v) is 4.71. The van der Waals surface area contributed by atoms with Crippen LogP contribution < -0.4 is 10.1 Å². The first-order valence-electron chi connectivity index (χ1n) is 5.61. The normalized spacial score (nSPS) is 10.4. The van der Waals surface area contributed by atoms with Gasteiger partial charge in [-0.2, -0.15) is 0 Å². The highest BCUT2D eigenvalue weighted by Crippen LogP contribution is 2.28. The smallest absolute Gasteiger partial charge is 0.169 e. The quantitative estimate of drug-likeness (QED) is 0.839. The van der Waals surface area contributed by atoms with E-state index in [1.165, 1.54) is 0 Å². The van der Waals surface area contributed by atoms with Gasteiger partial charge >= 0.3 is 0 Å². The van der Waals surface area contributed by atoms with Crippen LogP contribution in [-0.4, -0.2) is 18.5 Å². The lowest BCUT2D eigenvalue weighted by Gasteiger charge is -2.09.